The molecule has 3 N–H and O–H groups in total. The lowest BCUT2D eigenvalue weighted by molar-refractivity contribution is 0.0734. The van der Waals surface area contributed by atoms with Crippen LogP contribution >= 0.6 is 0 Å². The molecule has 6 heterocycles. The van der Waals surface area contributed by atoms with Crippen molar-refractivity contribution >= 4 is 40.4 Å². The van der Waals surface area contributed by atoms with Crippen molar-refractivity contribution in [3.05, 3.63) is 108 Å². The summed E-state index contributed by atoms with van der Waals surface area (Å²) in [5.41, 5.74) is 1.20. The number of benzene rings is 2. The Labute approximate surface area is 327 Å². The number of aliphatic hydroxyl groups is 1. The van der Waals surface area contributed by atoms with Gasteiger partial charge in [0.1, 0.15) is 46.2 Å². The molecule has 0 radical (unpaired) electrons. The van der Waals surface area contributed by atoms with Crippen molar-refractivity contribution in [3.8, 4) is 11.9 Å². The number of hydrogen-bond acceptors (Lipinski definition) is 14. The molecule has 2 fully saturated rings. The number of carbonyl (C=O) groups excluding carboxylic acids is 1. The molecule has 0 aliphatic carbocycles. The van der Waals surface area contributed by atoms with E-state index in [1.807, 2.05) is 12.1 Å². The van der Waals surface area contributed by atoms with Crippen LogP contribution < -0.4 is 20.4 Å². The molecule has 2 aliphatic rings. The van der Waals surface area contributed by atoms with Crippen molar-refractivity contribution in [3.63, 3.8) is 0 Å². The third-order valence-corrected chi connectivity index (χ3v) is 8.88. The number of nitrogens with one attached hydrogen (secondary N) is 2. The number of hydrogen-bond donors (Lipinski definition) is 3. The molecule has 6 aromatic rings. The third kappa shape index (κ3) is 10.1. The van der Waals surface area contributed by atoms with Crippen molar-refractivity contribution in [2.45, 2.75) is 26.4 Å². The van der Waals surface area contributed by atoms with Gasteiger partial charge in [-0.1, -0.05) is 0 Å². The molecular weight excluding hydrogens is 739 g/mol. The van der Waals surface area contributed by atoms with E-state index in [1.165, 1.54) is 40.6 Å². The lowest BCUT2D eigenvalue weighted by atomic mass is 10.1. The van der Waals surface area contributed by atoms with Gasteiger partial charge in [-0.25, -0.2) is 18.1 Å². The van der Waals surface area contributed by atoms with Gasteiger partial charge >= 0.3 is 0 Å². The molecule has 2 saturated heterocycles. The lowest BCUT2D eigenvalue weighted by Crippen LogP contribution is -2.37. The summed E-state index contributed by atoms with van der Waals surface area (Å²) in [6.07, 6.45) is 3.37. The first-order chi connectivity index (χ1) is 27.5. The molecule has 0 saturated carbocycles. The highest BCUT2D eigenvalue weighted by Crippen LogP contribution is 2.25. The Bertz CT molecular complexity index is 2280. The van der Waals surface area contributed by atoms with E-state index in [2.05, 4.69) is 50.6 Å². The van der Waals surface area contributed by atoms with E-state index < -0.39 is 5.60 Å². The van der Waals surface area contributed by atoms with Crippen molar-refractivity contribution in [1.82, 2.24) is 39.5 Å². The van der Waals surface area contributed by atoms with Gasteiger partial charge < -0.3 is 35.0 Å². The average molecular weight is 781 g/mol. The molecule has 57 heavy (non-hydrogen) atoms. The fourth-order valence-electron chi connectivity index (χ4n) is 5.83. The number of Topliss-reactive ketones (excluding diaryl/α,β-unsaturated/α-hetero) is 1. The molecule has 8 rings (SSSR count). The fourth-order valence-corrected chi connectivity index (χ4v) is 5.83. The topological polar surface area (TPSA) is 174 Å². The Morgan fingerprint density at radius 1 is 0.667 bits per heavy atom. The Morgan fingerprint density at radius 3 is 1.51 bits per heavy atom. The Hall–Kier alpha value is -6.37. The first-order valence-electron chi connectivity index (χ1n) is 18.3. The molecule has 0 atom stereocenters. The van der Waals surface area contributed by atoms with Gasteiger partial charge in [0.25, 0.3) is 11.9 Å². The first-order valence-corrected chi connectivity index (χ1v) is 18.3. The number of ether oxygens (including phenoxy) is 2. The number of anilines is 6. The second-order valence-electron chi connectivity index (χ2n) is 13.7. The predicted octanol–water partition coefficient (Wildman–Crippen LogP) is 5.19. The average Bonchev–Trinajstić information content (AvgIpc) is 3.93. The Kier molecular flexibility index (Phi) is 11.7. The van der Waals surface area contributed by atoms with E-state index in [0.29, 0.717) is 85.8 Å². The Morgan fingerprint density at radius 2 is 1.11 bits per heavy atom. The quantitative estimate of drug-likeness (QED) is 0.155. The summed E-state index contributed by atoms with van der Waals surface area (Å²) in [5.74, 6) is 2.52. The van der Waals surface area contributed by atoms with Crippen LogP contribution in [0.25, 0.3) is 11.9 Å². The van der Waals surface area contributed by atoms with Crippen LogP contribution in [-0.2, 0) is 15.1 Å². The highest BCUT2D eigenvalue weighted by atomic mass is 19.1. The fraction of sp³-hybridized carbons (Fsp3) is 0.308. The molecule has 0 unspecified atom stereocenters. The maximum absolute atomic E-state index is 13.2. The van der Waals surface area contributed by atoms with Gasteiger partial charge in [0.05, 0.1) is 32.1 Å². The van der Waals surface area contributed by atoms with E-state index in [9.17, 15) is 18.7 Å². The minimum Gasteiger partial charge on any atom is -0.384 e. The number of aromatic nitrogens is 8. The summed E-state index contributed by atoms with van der Waals surface area (Å²) in [7, 11) is 0. The minimum atomic E-state index is -1.07. The molecular formula is C39H42F2N12O4. The number of ketones is 1. The molecule has 0 spiro atoms. The van der Waals surface area contributed by atoms with Crippen LogP contribution in [0.4, 0.5) is 43.4 Å². The minimum absolute atomic E-state index is 0.132. The zero-order valence-corrected chi connectivity index (χ0v) is 31.6. The molecule has 0 amide bonds. The van der Waals surface area contributed by atoms with Crippen molar-refractivity contribution in [1.29, 1.82) is 0 Å². The summed E-state index contributed by atoms with van der Waals surface area (Å²) in [6, 6.07) is 19.1. The summed E-state index contributed by atoms with van der Waals surface area (Å²) >= 11 is 0. The normalized spacial score (nSPS) is 14.5. The highest BCUT2D eigenvalue weighted by molar-refractivity contribution is 5.91. The monoisotopic (exact) mass is 780 g/mol. The zero-order chi connectivity index (χ0) is 39.9. The number of halogens is 2. The third-order valence-electron chi connectivity index (χ3n) is 8.88. The number of nitrogens with zero attached hydrogens (tertiary/aromatic N) is 10. The lowest BCUT2D eigenvalue weighted by Gasteiger charge is -2.28. The van der Waals surface area contributed by atoms with Crippen LogP contribution in [0.2, 0.25) is 0 Å². The van der Waals surface area contributed by atoms with Gasteiger partial charge in [0.2, 0.25) is 0 Å². The van der Waals surface area contributed by atoms with Crippen LogP contribution in [0, 0.1) is 11.6 Å². The SMILES string of the molecule is CC(=O)c1ccn(-c2nc(Nc3ccc(F)cc3)cc(N3CCOCC3)n2)n1.CC(C)(O)c1ccn(-c2nc(Nc3ccc(F)cc3)cc(N3CCOCC3)n2)n1. The van der Waals surface area contributed by atoms with Gasteiger partial charge in [-0.15, -0.1) is 0 Å². The van der Waals surface area contributed by atoms with Gasteiger partial charge in [0.15, 0.2) is 5.78 Å². The zero-order valence-electron chi connectivity index (χ0n) is 31.6. The van der Waals surface area contributed by atoms with E-state index in [-0.39, 0.29) is 17.4 Å². The second-order valence-corrected chi connectivity index (χ2v) is 13.7. The number of morpholine rings is 2. The molecule has 296 valence electrons. The van der Waals surface area contributed by atoms with Crippen molar-refractivity contribution in [2.75, 3.05) is 73.0 Å². The van der Waals surface area contributed by atoms with Crippen LogP contribution in [0.3, 0.4) is 0 Å². The summed E-state index contributed by atoms with van der Waals surface area (Å²) in [5, 5.41) is 25.2. The maximum atomic E-state index is 13.2. The highest BCUT2D eigenvalue weighted by Gasteiger charge is 2.22. The number of rotatable bonds is 10. The molecule has 2 aromatic carbocycles. The van der Waals surface area contributed by atoms with Crippen LogP contribution in [0.1, 0.15) is 37.0 Å². The predicted molar refractivity (Wildman–Crippen MR) is 209 cm³/mol. The molecule has 16 nitrogen and oxygen atoms in total. The molecule has 2 aliphatic heterocycles. The summed E-state index contributed by atoms with van der Waals surface area (Å²) < 4.78 is 40.2. The van der Waals surface area contributed by atoms with E-state index in [4.69, 9.17) is 9.47 Å². The van der Waals surface area contributed by atoms with Crippen LogP contribution in [-0.4, -0.2) is 103 Å². The van der Waals surface area contributed by atoms with Gasteiger partial charge in [-0.3, -0.25) is 4.79 Å². The van der Waals surface area contributed by atoms with E-state index >= 15 is 0 Å². The summed E-state index contributed by atoms with van der Waals surface area (Å²) in [4.78, 5) is 34.1. The Balaban J connectivity index is 0.000000174. The largest absolute Gasteiger partial charge is 0.384 e. The van der Waals surface area contributed by atoms with Gasteiger partial charge in [0, 0.05) is 69.0 Å². The maximum Gasteiger partial charge on any atom is 0.254 e. The van der Waals surface area contributed by atoms with E-state index in [0.717, 1.165) is 24.7 Å². The van der Waals surface area contributed by atoms with Crippen LogP contribution in [0.15, 0.2) is 85.2 Å². The smallest absolute Gasteiger partial charge is 0.254 e. The van der Waals surface area contributed by atoms with Crippen molar-refractivity contribution < 1.29 is 28.2 Å². The van der Waals surface area contributed by atoms with Gasteiger partial charge in [-0.05, 0) is 74.5 Å². The van der Waals surface area contributed by atoms with Crippen LogP contribution in [0.5, 0.6) is 0 Å². The first kappa shape index (κ1) is 38.9. The molecule has 18 heteroatoms. The second kappa shape index (κ2) is 17.2. The number of carbonyl (C=O) groups is 1. The molecule has 4 aromatic heterocycles. The van der Waals surface area contributed by atoms with Gasteiger partial charge in [-0.2, -0.15) is 30.1 Å². The summed E-state index contributed by atoms with van der Waals surface area (Å²) in [6.45, 7) is 10.2. The van der Waals surface area contributed by atoms with E-state index in [1.54, 1.807) is 62.6 Å². The molecule has 0 bridgehead atoms. The standard InChI is InChI=1S/C20H23FN6O2.C19H19FN6O2/c1-20(2,28)16-7-8-27(25-16)19-23-17(22-15-5-3-14(21)4-6-15)13-18(24-19)26-9-11-29-12-10-26;1-13(27)16-6-7-26(24-16)19-22-17(21-15-4-2-14(20)3-5-15)12-18(23-19)25-8-10-28-11-9-25/h3-8,13,28H,9-12H2,1-2H3,(H,22,23,24);2-7,12H,8-11H2,1H3,(H,21,22,23). The van der Waals surface area contributed by atoms with Crippen molar-refractivity contribution in [2.24, 2.45) is 0 Å².